The molecule has 1 aromatic heterocycles. The SMILES string of the molecule is Cc1ccc(S(=O)(=O)NCCc2nnc(NS(=O)(=O)c3ccccc3)s2)cc1. The third-order valence-corrected chi connectivity index (χ3v) is 7.56. The number of nitrogens with zero attached hydrogens (tertiary/aromatic N) is 2. The summed E-state index contributed by atoms with van der Waals surface area (Å²) in [6, 6.07) is 14.5. The molecule has 0 bridgehead atoms. The number of anilines is 1. The highest BCUT2D eigenvalue weighted by molar-refractivity contribution is 7.93. The fourth-order valence-corrected chi connectivity index (χ4v) is 5.28. The Balaban J connectivity index is 1.58. The van der Waals surface area contributed by atoms with Gasteiger partial charge in [-0.05, 0) is 31.2 Å². The number of sulfonamides is 2. The van der Waals surface area contributed by atoms with Crippen LogP contribution in [-0.4, -0.2) is 33.6 Å². The van der Waals surface area contributed by atoms with Crippen LogP contribution in [0.1, 0.15) is 10.6 Å². The summed E-state index contributed by atoms with van der Waals surface area (Å²) in [5, 5.41) is 8.35. The van der Waals surface area contributed by atoms with Crippen molar-refractivity contribution >= 4 is 36.5 Å². The summed E-state index contributed by atoms with van der Waals surface area (Å²) in [7, 11) is -7.35. The molecule has 0 aliphatic rings. The van der Waals surface area contributed by atoms with Gasteiger partial charge in [0.15, 0.2) is 0 Å². The second-order valence-corrected chi connectivity index (χ2v) is 10.4. The molecule has 0 spiro atoms. The van der Waals surface area contributed by atoms with E-state index in [1.54, 1.807) is 42.5 Å². The molecule has 2 N–H and O–H groups in total. The lowest BCUT2D eigenvalue weighted by Crippen LogP contribution is -2.25. The smallest absolute Gasteiger partial charge is 0.253 e. The van der Waals surface area contributed by atoms with Crippen molar-refractivity contribution in [3.63, 3.8) is 0 Å². The van der Waals surface area contributed by atoms with Crippen LogP contribution in [0.4, 0.5) is 5.13 Å². The first-order valence-electron chi connectivity index (χ1n) is 8.23. The number of aryl methyl sites for hydroxylation is 1. The van der Waals surface area contributed by atoms with Crippen LogP contribution in [-0.2, 0) is 26.5 Å². The van der Waals surface area contributed by atoms with Crippen LogP contribution in [0.2, 0.25) is 0 Å². The van der Waals surface area contributed by atoms with Crippen LogP contribution in [0, 0.1) is 6.92 Å². The van der Waals surface area contributed by atoms with Gasteiger partial charge in [0, 0.05) is 13.0 Å². The molecular weight excluding hydrogens is 420 g/mol. The van der Waals surface area contributed by atoms with E-state index in [9.17, 15) is 16.8 Å². The molecule has 0 fully saturated rings. The van der Waals surface area contributed by atoms with Gasteiger partial charge in [0.1, 0.15) is 5.01 Å². The number of hydrogen-bond acceptors (Lipinski definition) is 7. The highest BCUT2D eigenvalue weighted by Gasteiger charge is 2.17. The van der Waals surface area contributed by atoms with Gasteiger partial charge in [-0.25, -0.2) is 21.6 Å². The first-order chi connectivity index (χ1) is 13.3. The lowest BCUT2D eigenvalue weighted by atomic mass is 10.2. The maximum atomic E-state index is 12.3. The van der Waals surface area contributed by atoms with Crippen LogP contribution >= 0.6 is 11.3 Å². The van der Waals surface area contributed by atoms with Gasteiger partial charge in [-0.15, -0.1) is 10.2 Å². The van der Waals surface area contributed by atoms with Crippen LogP contribution in [0.5, 0.6) is 0 Å². The van der Waals surface area contributed by atoms with E-state index in [-0.39, 0.29) is 27.9 Å². The Morgan fingerprint density at radius 3 is 2.18 bits per heavy atom. The highest BCUT2D eigenvalue weighted by atomic mass is 32.2. The van der Waals surface area contributed by atoms with Crippen molar-refractivity contribution in [2.75, 3.05) is 11.3 Å². The molecule has 28 heavy (non-hydrogen) atoms. The predicted molar refractivity (Wildman–Crippen MR) is 107 cm³/mol. The lowest BCUT2D eigenvalue weighted by Gasteiger charge is -2.06. The largest absolute Gasteiger partial charge is 0.263 e. The minimum absolute atomic E-state index is 0.121. The molecule has 0 unspecified atom stereocenters. The quantitative estimate of drug-likeness (QED) is 0.556. The minimum atomic E-state index is -3.74. The zero-order chi connectivity index (χ0) is 20.2. The monoisotopic (exact) mass is 438 g/mol. The second kappa shape index (κ2) is 8.35. The summed E-state index contributed by atoms with van der Waals surface area (Å²) in [6.45, 7) is 2.00. The third kappa shape index (κ3) is 5.13. The van der Waals surface area contributed by atoms with Gasteiger partial charge in [-0.2, -0.15) is 0 Å². The Hall–Kier alpha value is -2.34. The summed E-state index contributed by atoms with van der Waals surface area (Å²) in [5.41, 5.74) is 0.971. The Morgan fingerprint density at radius 1 is 0.857 bits per heavy atom. The minimum Gasteiger partial charge on any atom is -0.253 e. The van der Waals surface area contributed by atoms with Crippen molar-refractivity contribution in [1.82, 2.24) is 14.9 Å². The van der Waals surface area contributed by atoms with E-state index < -0.39 is 20.0 Å². The normalized spacial score (nSPS) is 12.0. The number of aromatic nitrogens is 2. The van der Waals surface area contributed by atoms with Gasteiger partial charge in [0.25, 0.3) is 10.0 Å². The second-order valence-electron chi connectivity index (χ2n) is 5.88. The Kier molecular flexibility index (Phi) is 6.08. The summed E-state index contributed by atoms with van der Waals surface area (Å²) in [6.07, 6.45) is 0.288. The van der Waals surface area contributed by atoms with Crippen molar-refractivity contribution < 1.29 is 16.8 Å². The van der Waals surface area contributed by atoms with Gasteiger partial charge in [-0.3, -0.25) is 4.72 Å². The summed E-state index contributed by atoms with van der Waals surface area (Å²) in [5.74, 6) is 0. The highest BCUT2D eigenvalue weighted by Crippen LogP contribution is 2.20. The lowest BCUT2D eigenvalue weighted by molar-refractivity contribution is 0.581. The van der Waals surface area contributed by atoms with Gasteiger partial charge >= 0.3 is 0 Å². The molecule has 0 saturated carbocycles. The molecule has 0 radical (unpaired) electrons. The molecule has 0 atom stereocenters. The van der Waals surface area contributed by atoms with E-state index in [0.29, 0.717) is 5.01 Å². The van der Waals surface area contributed by atoms with E-state index in [1.807, 2.05) is 6.92 Å². The van der Waals surface area contributed by atoms with Crippen LogP contribution in [0.15, 0.2) is 64.4 Å². The predicted octanol–water partition coefficient (Wildman–Crippen LogP) is 2.17. The van der Waals surface area contributed by atoms with E-state index >= 15 is 0 Å². The molecule has 11 heteroatoms. The van der Waals surface area contributed by atoms with Crippen molar-refractivity contribution in [1.29, 1.82) is 0 Å². The van der Waals surface area contributed by atoms with Crippen molar-refractivity contribution in [2.24, 2.45) is 0 Å². The molecule has 0 amide bonds. The van der Waals surface area contributed by atoms with Crippen molar-refractivity contribution in [3.05, 3.63) is 65.2 Å². The Bertz CT molecular complexity index is 1140. The van der Waals surface area contributed by atoms with Crippen LogP contribution in [0.3, 0.4) is 0 Å². The fourth-order valence-electron chi connectivity index (χ4n) is 2.26. The van der Waals surface area contributed by atoms with Crippen molar-refractivity contribution in [3.8, 4) is 0 Å². The number of benzene rings is 2. The third-order valence-electron chi connectivity index (χ3n) is 3.70. The zero-order valence-corrected chi connectivity index (χ0v) is 17.3. The molecule has 2 aromatic carbocycles. The molecule has 148 valence electrons. The van der Waals surface area contributed by atoms with E-state index in [4.69, 9.17) is 0 Å². The summed E-state index contributed by atoms with van der Waals surface area (Å²) < 4.78 is 53.9. The molecule has 1 heterocycles. The van der Waals surface area contributed by atoms with E-state index in [2.05, 4.69) is 19.6 Å². The van der Waals surface area contributed by atoms with E-state index in [1.165, 1.54) is 12.1 Å². The van der Waals surface area contributed by atoms with Gasteiger partial charge in [0.2, 0.25) is 15.2 Å². The summed E-state index contributed by atoms with van der Waals surface area (Å²) >= 11 is 1.06. The molecule has 0 aliphatic heterocycles. The maximum Gasteiger partial charge on any atom is 0.263 e. The summed E-state index contributed by atoms with van der Waals surface area (Å²) in [4.78, 5) is 0.310. The average Bonchev–Trinajstić information content (AvgIpc) is 3.09. The van der Waals surface area contributed by atoms with E-state index in [0.717, 1.165) is 16.9 Å². The fraction of sp³-hybridized carbons (Fsp3) is 0.176. The molecule has 8 nitrogen and oxygen atoms in total. The van der Waals surface area contributed by atoms with Gasteiger partial charge in [0.05, 0.1) is 9.79 Å². The first kappa shape index (κ1) is 20.4. The molecule has 0 aliphatic carbocycles. The Labute approximate surface area is 167 Å². The van der Waals surface area contributed by atoms with Crippen LogP contribution in [0.25, 0.3) is 0 Å². The number of hydrogen-bond donors (Lipinski definition) is 2. The standard InChI is InChI=1S/C17H18N4O4S3/c1-13-7-9-15(10-8-13)27(22,23)18-12-11-16-19-20-17(26-16)21-28(24,25)14-5-3-2-4-6-14/h2-10,18H,11-12H2,1H3,(H,20,21). The number of nitrogens with one attached hydrogen (secondary N) is 2. The van der Waals surface area contributed by atoms with Gasteiger partial charge < -0.3 is 0 Å². The topological polar surface area (TPSA) is 118 Å². The zero-order valence-electron chi connectivity index (χ0n) is 14.9. The average molecular weight is 439 g/mol. The molecule has 0 saturated heterocycles. The van der Waals surface area contributed by atoms with Gasteiger partial charge in [-0.1, -0.05) is 47.2 Å². The van der Waals surface area contributed by atoms with Crippen LogP contribution < -0.4 is 9.44 Å². The Morgan fingerprint density at radius 2 is 1.50 bits per heavy atom. The first-order valence-corrected chi connectivity index (χ1v) is 12.0. The molecule has 3 aromatic rings. The molecular formula is C17H18N4O4S3. The maximum absolute atomic E-state index is 12.3. The molecule has 3 rings (SSSR count). The number of rotatable bonds is 8. The van der Waals surface area contributed by atoms with Crippen molar-refractivity contribution in [2.45, 2.75) is 23.1 Å².